The largest absolute Gasteiger partial charge is 0.356 e. The summed E-state index contributed by atoms with van der Waals surface area (Å²) in [6.45, 7) is 3.48. The zero-order valence-corrected chi connectivity index (χ0v) is 19.1. The highest BCUT2D eigenvalue weighted by atomic mass is 32.2. The molecule has 31 heavy (non-hydrogen) atoms. The molecule has 166 valence electrons. The number of piperidine rings is 1. The van der Waals surface area contributed by atoms with E-state index in [1.54, 1.807) is 10.4 Å². The number of nitrogens with zero attached hydrogens (tertiary/aromatic N) is 1. The van der Waals surface area contributed by atoms with Crippen LogP contribution >= 0.6 is 0 Å². The molecule has 4 rings (SSSR count). The second-order valence-corrected chi connectivity index (χ2v) is 10.7. The summed E-state index contributed by atoms with van der Waals surface area (Å²) >= 11 is 0. The van der Waals surface area contributed by atoms with Crippen LogP contribution in [0.3, 0.4) is 0 Å². The number of amides is 1. The van der Waals surface area contributed by atoms with E-state index in [9.17, 15) is 13.2 Å². The van der Waals surface area contributed by atoms with Crippen LogP contribution in [0.25, 0.3) is 0 Å². The summed E-state index contributed by atoms with van der Waals surface area (Å²) in [5.41, 5.74) is 4.94. The summed E-state index contributed by atoms with van der Waals surface area (Å²) in [6, 6.07) is 13.8. The smallest absolute Gasteiger partial charge is 0.243 e. The van der Waals surface area contributed by atoms with Crippen LogP contribution in [0, 0.1) is 12.8 Å². The Kier molecular flexibility index (Phi) is 6.77. The lowest BCUT2D eigenvalue weighted by Gasteiger charge is -2.31. The average Bonchev–Trinajstić information content (AvgIpc) is 2.80. The topological polar surface area (TPSA) is 66.5 Å². The number of carbonyl (C=O) groups is 1. The first-order chi connectivity index (χ1) is 14.9. The molecule has 1 amide bonds. The minimum Gasteiger partial charge on any atom is -0.356 e. The fourth-order valence-electron chi connectivity index (χ4n) is 4.73. The maximum atomic E-state index is 13.1. The zero-order valence-electron chi connectivity index (χ0n) is 18.3. The van der Waals surface area contributed by atoms with Crippen molar-refractivity contribution in [2.24, 2.45) is 5.92 Å². The summed E-state index contributed by atoms with van der Waals surface area (Å²) in [5, 5.41) is 3.04. The van der Waals surface area contributed by atoms with Gasteiger partial charge in [0.1, 0.15) is 0 Å². The van der Waals surface area contributed by atoms with Crippen LogP contribution in [0.4, 0.5) is 0 Å². The summed E-state index contributed by atoms with van der Waals surface area (Å²) in [5.74, 6) is -0.0775. The Morgan fingerprint density at radius 1 is 1.03 bits per heavy atom. The zero-order chi connectivity index (χ0) is 21.8. The third kappa shape index (κ3) is 5.01. The molecule has 0 spiro atoms. The van der Waals surface area contributed by atoms with Gasteiger partial charge in [-0.05, 0) is 86.3 Å². The summed E-state index contributed by atoms with van der Waals surface area (Å²) in [6.07, 6.45) is 6.26. The van der Waals surface area contributed by atoms with Crippen LogP contribution in [0.2, 0.25) is 0 Å². The van der Waals surface area contributed by atoms with Gasteiger partial charge in [-0.25, -0.2) is 8.42 Å². The van der Waals surface area contributed by atoms with E-state index in [0.717, 1.165) is 25.7 Å². The highest BCUT2D eigenvalue weighted by Gasteiger charge is 2.32. The van der Waals surface area contributed by atoms with Crippen LogP contribution in [0.15, 0.2) is 47.4 Å². The van der Waals surface area contributed by atoms with Gasteiger partial charge in [-0.3, -0.25) is 4.79 Å². The van der Waals surface area contributed by atoms with E-state index in [2.05, 4.69) is 24.4 Å². The van der Waals surface area contributed by atoms with Crippen LogP contribution in [0.5, 0.6) is 0 Å². The SMILES string of the molecule is Cc1ccccc1CCNC(=O)C1CCN(S(=O)(=O)c2ccc3c(c2)CCCC3)CC1. The molecule has 2 aliphatic rings. The highest BCUT2D eigenvalue weighted by molar-refractivity contribution is 7.89. The van der Waals surface area contributed by atoms with Gasteiger partial charge in [0.15, 0.2) is 0 Å². The van der Waals surface area contributed by atoms with Crippen LogP contribution in [0.1, 0.15) is 47.9 Å². The summed E-state index contributed by atoms with van der Waals surface area (Å²) < 4.78 is 27.8. The van der Waals surface area contributed by atoms with Crippen molar-refractivity contribution in [1.29, 1.82) is 0 Å². The van der Waals surface area contributed by atoms with Gasteiger partial charge in [0, 0.05) is 25.6 Å². The van der Waals surface area contributed by atoms with Crippen LogP contribution in [-0.2, 0) is 34.1 Å². The standard InChI is InChI=1S/C25H32N2O3S/c1-19-6-2-3-7-20(19)12-15-26-25(28)22-13-16-27(17-14-22)31(29,30)24-11-10-21-8-4-5-9-23(21)18-24/h2-3,6-7,10-11,18,22H,4-5,8-9,12-17H2,1H3,(H,26,28). The molecule has 1 N–H and O–H groups in total. The van der Waals surface area contributed by atoms with Gasteiger partial charge in [0.2, 0.25) is 15.9 Å². The molecule has 2 aromatic rings. The van der Waals surface area contributed by atoms with Gasteiger partial charge in [-0.1, -0.05) is 30.3 Å². The number of carbonyl (C=O) groups excluding carboxylic acids is 1. The Labute approximate surface area is 185 Å². The van der Waals surface area contributed by atoms with E-state index in [4.69, 9.17) is 0 Å². The Morgan fingerprint density at radius 2 is 1.74 bits per heavy atom. The molecule has 1 aliphatic heterocycles. The lowest BCUT2D eigenvalue weighted by molar-refractivity contribution is -0.126. The van der Waals surface area contributed by atoms with E-state index in [-0.39, 0.29) is 11.8 Å². The Morgan fingerprint density at radius 3 is 2.48 bits per heavy atom. The molecule has 6 heteroatoms. The second kappa shape index (κ2) is 9.53. The minimum atomic E-state index is -3.50. The van der Waals surface area contributed by atoms with Gasteiger partial charge in [-0.15, -0.1) is 0 Å². The van der Waals surface area contributed by atoms with E-state index >= 15 is 0 Å². The molecule has 0 saturated carbocycles. The minimum absolute atomic E-state index is 0.0411. The first-order valence-electron chi connectivity index (χ1n) is 11.4. The van der Waals surface area contributed by atoms with Crippen molar-refractivity contribution in [3.05, 3.63) is 64.7 Å². The van der Waals surface area contributed by atoms with E-state index in [0.29, 0.717) is 37.4 Å². The quantitative estimate of drug-likeness (QED) is 0.746. The summed E-state index contributed by atoms with van der Waals surface area (Å²) in [7, 11) is -3.50. The lowest BCUT2D eigenvalue weighted by Crippen LogP contribution is -2.43. The van der Waals surface area contributed by atoms with E-state index in [1.807, 2.05) is 24.3 Å². The fourth-order valence-corrected chi connectivity index (χ4v) is 6.25. The maximum absolute atomic E-state index is 13.1. The van der Waals surface area contributed by atoms with Crippen molar-refractivity contribution < 1.29 is 13.2 Å². The van der Waals surface area contributed by atoms with Crippen molar-refractivity contribution in [3.8, 4) is 0 Å². The molecule has 1 saturated heterocycles. The van der Waals surface area contributed by atoms with Crippen LogP contribution < -0.4 is 5.32 Å². The molecule has 2 aromatic carbocycles. The Bertz CT molecular complexity index is 1040. The molecule has 0 atom stereocenters. The molecule has 0 radical (unpaired) electrons. The predicted molar refractivity (Wildman–Crippen MR) is 122 cm³/mol. The van der Waals surface area contributed by atoms with Crippen molar-refractivity contribution >= 4 is 15.9 Å². The molecular formula is C25H32N2O3S. The molecule has 0 aromatic heterocycles. The number of aryl methyl sites for hydroxylation is 3. The molecule has 1 aliphatic carbocycles. The Balaban J connectivity index is 1.30. The molecule has 0 unspecified atom stereocenters. The molecule has 0 bridgehead atoms. The monoisotopic (exact) mass is 440 g/mol. The first kappa shape index (κ1) is 22.0. The molecule has 1 heterocycles. The normalized spacial score (nSPS) is 17.8. The van der Waals surface area contributed by atoms with Gasteiger partial charge in [0.25, 0.3) is 0 Å². The predicted octanol–water partition coefficient (Wildman–Crippen LogP) is 3.63. The molecular weight excluding hydrogens is 408 g/mol. The number of nitrogens with one attached hydrogen (secondary N) is 1. The number of rotatable bonds is 6. The summed E-state index contributed by atoms with van der Waals surface area (Å²) in [4.78, 5) is 13.0. The third-order valence-corrected chi connectivity index (χ3v) is 8.63. The van der Waals surface area contributed by atoms with Crippen molar-refractivity contribution in [1.82, 2.24) is 9.62 Å². The lowest BCUT2D eigenvalue weighted by atomic mass is 9.92. The molecule has 5 nitrogen and oxygen atoms in total. The van der Waals surface area contributed by atoms with Crippen molar-refractivity contribution in [2.45, 2.75) is 56.8 Å². The second-order valence-electron chi connectivity index (χ2n) is 8.78. The number of hydrogen-bond donors (Lipinski definition) is 1. The Hall–Kier alpha value is -2.18. The average molecular weight is 441 g/mol. The third-order valence-electron chi connectivity index (χ3n) is 6.74. The number of fused-ring (bicyclic) bond motifs is 1. The fraction of sp³-hybridized carbons (Fsp3) is 0.480. The van der Waals surface area contributed by atoms with E-state index < -0.39 is 10.0 Å². The van der Waals surface area contributed by atoms with Crippen molar-refractivity contribution in [2.75, 3.05) is 19.6 Å². The maximum Gasteiger partial charge on any atom is 0.243 e. The first-order valence-corrected chi connectivity index (χ1v) is 12.8. The van der Waals surface area contributed by atoms with Gasteiger partial charge in [0.05, 0.1) is 4.90 Å². The van der Waals surface area contributed by atoms with Crippen LogP contribution in [-0.4, -0.2) is 38.3 Å². The van der Waals surface area contributed by atoms with E-state index in [1.165, 1.54) is 28.7 Å². The number of benzene rings is 2. The van der Waals surface area contributed by atoms with Crippen molar-refractivity contribution in [3.63, 3.8) is 0 Å². The van der Waals surface area contributed by atoms with Gasteiger partial charge >= 0.3 is 0 Å². The highest BCUT2D eigenvalue weighted by Crippen LogP contribution is 2.28. The number of hydrogen-bond acceptors (Lipinski definition) is 3. The van der Waals surface area contributed by atoms with Gasteiger partial charge < -0.3 is 5.32 Å². The molecule has 1 fully saturated rings. The van der Waals surface area contributed by atoms with Gasteiger partial charge in [-0.2, -0.15) is 4.31 Å². The number of sulfonamides is 1.